The number of methoxy groups -OCH3 is 2. The maximum absolute atomic E-state index is 12.2. The van der Waals surface area contributed by atoms with Gasteiger partial charge in [-0.15, -0.1) is 0 Å². The van der Waals surface area contributed by atoms with Crippen molar-refractivity contribution in [1.29, 1.82) is 0 Å². The predicted molar refractivity (Wildman–Crippen MR) is 94.6 cm³/mol. The highest BCUT2D eigenvalue weighted by molar-refractivity contribution is 5.77. The number of rotatable bonds is 8. The SMILES string of the molecule is COc1ccc(CN(C)C(=O)COc2ccc([N+](=O)[O-])c(OC)c2)cc1. The third-order valence-electron chi connectivity index (χ3n) is 3.71. The van der Waals surface area contributed by atoms with E-state index in [4.69, 9.17) is 14.2 Å². The Morgan fingerprint density at radius 1 is 1.08 bits per heavy atom. The first-order valence-corrected chi connectivity index (χ1v) is 7.76. The van der Waals surface area contributed by atoms with E-state index in [9.17, 15) is 14.9 Å². The van der Waals surface area contributed by atoms with Crippen LogP contribution in [0.4, 0.5) is 5.69 Å². The molecule has 0 fully saturated rings. The van der Waals surface area contributed by atoms with Gasteiger partial charge in [-0.2, -0.15) is 0 Å². The molecule has 2 aromatic rings. The molecule has 0 aliphatic carbocycles. The molecule has 0 atom stereocenters. The largest absolute Gasteiger partial charge is 0.497 e. The van der Waals surface area contributed by atoms with Gasteiger partial charge in [0.1, 0.15) is 11.5 Å². The Hall–Kier alpha value is -3.29. The summed E-state index contributed by atoms with van der Waals surface area (Å²) in [5.41, 5.74) is 0.793. The van der Waals surface area contributed by atoms with E-state index >= 15 is 0 Å². The lowest BCUT2D eigenvalue weighted by atomic mass is 10.2. The van der Waals surface area contributed by atoms with Crippen molar-refractivity contribution in [3.05, 3.63) is 58.1 Å². The van der Waals surface area contributed by atoms with E-state index in [1.165, 1.54) is 30.2 Å². The quantitative estimate of drug-likeness (QED) is 0.531. The van der Waals surface area contributed by atoms with Crippen molar-refractivity contribution in [3.63, 3.8) is 0 Å². The van der Waals surface area contributed by atoms with E-state index < -0.39 is 4.92 Å². The second-order valence-electron chi connectivity index (χ2n) is 5.48. The molecule has 0 N–H and O–H groups in total. The topological polar surface area (TPSA) is 91.1 Å². The minimum atomic E-state index is -0.545. The van der Waals surface area contributed by atoms with Crippen LogP contribution in [-0.2, 0) is 11.3 Å². The Labute approximate surface area is 151 Å². The fraction of sp³-hybridized carbons (Fsp3) is 0.278. The average molecular weight is 360 g/mol. The van der Waals surface area contributed by atoms with Crippen molar-refractivity contribution in [2.45, 2.75) is 6.54 Å². The molecule has 0 saturated heterocycles. The van der Waals surface area contributed by atoms with Crippen molar-refractivity contribution >= 4 is 11.6 Å². The molecule has 0 aliphatic heterocycles. The highest BCUT2D eigenvalue weighted by Crippen LogP contribution is 2.30. The fourth-order valence-corrected chi connectivity index (χ4v) is 2.25. The summed E-state index contributed by atoms with van der Waals surface area (Å²) in [6.45, 7) is 0.239. The summed E-state index contributed by atoms with van der Waals surface area (Å²) in [6.07, 6.45) is 0. The molecule has 2 rings (SSSR count). The second kappa shape index (κ2) is 8.70. The van der Waals surface area contributed by atoms with Crippen LogP contribution in [0.15, 0.2) is 42.5 Å². The van der Waals surface area contributed by atoms with Gasteiger partial charge in [0.15, 0.2) is 6.61 Å². The van der Waals surface area contributed by atoms with Gasteiger partial charge < -0.3 is 19.1 Å². The first-order valence-electron chi connectivity index (χ1n) is 7.76. The van der Waals surface area contributed by atoms with Crippen LogP contribution < -0.4 is 14.2 Å². The first kappa shape index (κ1) is 19.0. The van der Waals surface area contributed by atoms with Gasteiger partial charge in [0.2, 0.25) is 5.75 Å². The molecule has 0 saturated carbocycles. The van der Waals surface area contributed by atoms with Crippen molar-refractivity contribution in [2.75, 3.05) is 27.9 Å². The van der Waals surface area contributed by atoms with Crippen LogP contribution in [-0.4, -0.2) is 43.6 Å². The van der Waals surface area contributed by atoms with Crippen molar-refractivity contribution in [2.24, 2.45) is 0 Å². The summed E-state index contributed by atoms with van der Waals surface area (Å²) in [4.78, 5) is 24.1. The molecule has 0 aromatic heterocycles. The summed E-state index contributed by atoms with van der Waals surface area (Å²) < 4.78 is 15.5. The van der Waals surface area contributed by atoms with Gasteiger partial charge in [-0.1, -0.05) is 12.1 Å². The number of nitro benzene ring substituents is 1. The fourth-order valence-electron chi connectivity index (χ4n) is 2.25. The minimum Gasteiger partial charge on any atom is -0.497 e. The molecular formula is C18H20N2O6. The van der Waals surface area contributed by atoms with Gasteiger partial charge >= 0.3 is 5.69 Å². The highest BCUT2D eigenvalue weighted by Gasteiger charge is 2.16. The molecule has 0 spiro atoms. The molecule has 0 unspecified atom stereocenters. The smallest absolute Gasteiger partial charge is 0.311 e. The Morgan fingerprint density at radius 3 is 2.31 bits per heavy atom. The van der Waals surface area contributed by atoms with E-state index in [0.717, 1.165) is 11.3 Å². The average Bonchev–Trinajstić information content (AvgIpc) is 2.66. The number of nitro groups is 1. The van der Waals surface area contributed by atoms with Gasteiger partial charge in [-0.05, 0) is 23.8 Å². The summed E-state index contributed by atoms with van der Waals surface area (Å²) in [5.74, 6) is 0.918. The number of amides is 1. The molecular weight excluding hydrogens is 340 g/mol. The molecule has 0 bridgehead atoms. The van der Waals surface area contributed by atoms with Gasteiger partial charge in [-0.25, -0.2) is 0 Å². The minimum absolute atomic E-state index is 0.0755. The molecule has 26 heavy (non-hydrogen) atoms. The first-order chi connectivity index (χ1) is 12.4. The number of likely N-dealkylation sites (N-methyl/N-ethyl adjacent to an activating group) is 1. The Balaban J connectivity index is 1.93. The van der Waals surface area contributed by atoms with Crippen molar-refractivity contribution in [3.8, 4) is 17.2 Å². The third-order valence-corrected chi connectivity index (χ3v) is 3.71. The van der Waals surface area contributed by atoms with Crippen LogP contribution in [0.5, 0.6) is 17.2 Å². The van der Waals surface area contributed by atoms with Crippen LogP contribution in [0.3, 0.4) is 0 Å². The van der Waals surface area contributed by atoms with Crippen molar-refractivity contribution < 1.29 is 23.9 Å². The number of ether oxygens (including phenoxy) is 3. The molecule has 8 heteroatoms. The monoisotopic (exact) mass is 360 g/mol. The number of hydrogen-bond acceptors (Lipinski definition) is 6. The van der Waals surface area contributed by atoms with Gasteiger partial charge in [0.25, 0.3) is 5.91 Å². The zero-order valence-electron chi connectivity index (χ0n) is 14.8. The van der Waals surface area contributed by atoms with E-state index in [1.54, 1.807) is 14.2 Å². The second-order valence-corrected chi connectivity index (χ2v) is 5.48. The Morgan fingerprint density at radius 2 is 1.73 bits per heavy atom. The summed E-state index contributed by atoms with van der Waals surface area (Å²) >= 11 is 0. The lowest BCUT2D eigenvalue weighted by Gasteiger charge is -2.18. The van der Waals surface area contributed by atoms with Gasteiger partial charge in [-0.3, -0.25) is 14.9 Å². The van der Waals surface area contributed by atoms with Crippen LogP contribution in [0.2, 0.25) is 0 Å². The zero-order valence-corrected chi connectivity index (χ0v) is 14.8. The molecule has 0 heterocycles. The molecule has 8 nitrogen and oxygen atoms in total. The molecule has 0 radical (unpaired) electrons. The lowest BCUT2D eigenvalue weighted by Crippen LogP contribution is -2.30. The number of hydrogen-bond donors (Lipinski definition) is 0. The highest BCUT2D eigenvalue weighted by atomic mass is 16.6. The number of nitrogens with zero attached hydrogens (tertiary/aromatic N) is 2. The van der Waals surface area contributed by atoms with E-state index in [1.807, 2.05) is 24.3 Å². The van der Waals surface area contributed by atoms with Crippen LogP contribution >= 0.6 is 0 Å². The Bertz CT molecular complexity index is 776. The summed E-state index contributed by atoms with van der Waals surface area (Å²) in [6, 6.07) is 11.5. The maximum Gasteiger partial charge on any atom is 0.311 e. The van der Waals surface area contributed by atoms with Crippen LogP contribution in [0.25, 0.3) is 0 Å². The van der Waals surface area contributed by atoms with Crippen LogP contribution in [0.1, 0.15) is 5.56 Å². The normalized spacial score (nSPS) is 10.1. The molecule has 0 aliphatic rings. The number of carbonyl (C=O) groups is 1. The zero-order chi connectivity index (χ0) is 19.1. The maximum atomic E-state index is 12.2. The predicted octanol–water partition coefficient (Wildman–Crippen LogP) is 2.65. The van der Waals surface area contributed by atoms with Gasteiger partial charge in [0.05, 0.1) is 19.1 Å². The molecule has 1 amide bonds. The lowest BCUT2D eigenvalue weighted by molar-refractivity contribution is -0.385. The van der Waals surface area contributed by atoms with Crippen LogP contribution in [0, 0.1) is 10.1 Å². The van der Waals surface area contributed by atoms with E-state index in [-0.39, 0.29) is 24.0 Å². The molecule has 2 aromatic carbocycles. The summed E-state index contributed by atoms with van der Waals surface area (Å²) in [7, 11) is 4.60. The third kappa shape index (κ3) is 4.85. The number of carbonyl (C=O) groups excluding carboxylic acids is 1. The van der Waals surface area contributed by atoms with Crippen molar-refractivity contribution in [1.82, 2.24) is 4.90 Å². The Kier molecular flexibility index (Phi) is 6.37. The van der Waals surface area contributed by atoms with Gasteiger partial charge in [0, 0.05) is 25.7 Å². The standard InChI is InChI=1S/C18H20N2O6/c1-19(11-13-4-6-14(24-2)7-5-13)18(21)12-26-15-8-9-16(20(22)23)17(10-15)25-3/h4-10H,11-12H2,1-3H3. The molecule has 138 valence electrons. The number of benzene rings is 2. The van der Waals surface area contributed by atoms with E-state index in [0.29, 0.717) is 12.3 Å². The summed E-state index contributed by atoms with van der Waals surface area (Å²) in [5, 5.41) is 10.9. The van der Waals surface area contributed by atoms with E-state index in [2.05, 4.69) is 0 Å².